The van der Waals surface area contributed by atoms with Crippen LogP contribution in [0.1, 0.15) is 0 Å². The molecule has 0 saturated heterocycles. The van der Waals surface area contributed by atoms with Gasteiger partial charge in [0, 0.05) is 33.3 Å². The van der Waals surface area contributed by atoms with Crippen LogP contribution in [-0.2, 0) is 0 Å². The number of hydrogen-bond donors (Lipinski definition) is 0. The molecule has 12 aromatic rings. The molecule has 12 rings (SSSR count). The van der Waals surface area contributed by atoms with Crippen molar-refractivity contribution >= 4 is 60.5 Å². The van der Waals surface area contributed by atoms with E-state index in [9.17, 15) is 0 Å². The fourth-order valence-corrected chi connectivity index (χ4v) is 9.43. The van der Waals surface area contributed by atoms with Crippen LogP contribution in [0.15, 0.2) is 253 Å². The van der Waals surface area contributed by atoms with Gasteiger partial charge in [0.05, 0.1) is 5.69 Å². The van der Waals surface area contributed by atoms with E-state index in [0.29, 0.717) is 0 Å². The van der Waals surface area contributed by atoms with Crippen molar-refractivity contribution in [2.75, 3.05) is 4.90 Å². The third-order valence-corrected chi connectivity index (χ3v) is 12.7. The molecule has 0 N–H and O–H groups in total. The summed E-state index contributed by atoms with van der Waals surface area (Å²) in [6.45, 7) is 0. The largest absolute Gasteiger partial charge is 0.455 e. The summed E-state index contributed by atoms with van der Waals surface area (Å²) in [5.74, 6) is 0. The summed E-state index contributed by atoms with van der Waals surface area (Å²) in [6, 6.07) is 89.6. The van der Waals surface area contributed by atoms with Gasteiger partial charge in [0.15, 0.2) is 0 Å². The Hall–Kier alpha value is -8.46. The van der Waals surface area contributed by atoms with E-state index >= 15 is 0 Å². The summed E-state index contributed by atoms with van der Waals surface area (Å²) in [5, 5.41) is 7.26. The van der Waals surface area contributed by atoms with Gasteiger partial charge in [-0.15, -0.1) is 0 Å². The fraction of sp³-hybridized carbons (Fsp3) is 0. The molecule has 1 heterocycles. The highest BCUT2D eigenvalue weighted by atomic mass is 16.3. The minimum absolute atomic E-state index is 0.890. The van der Waals surface area contributed by atoms with E-state index in [0.717, 1.165) is 61.3 Å². The highest BCUT2D eigenvalue weighted by molar-refractivity contribution is 6.11. The Kier molecular flexibility index (Phi) is 9.20. The molecule has 0 radical (unpaired) electrons. The van der Waals surface area contributed by atoms with E-state index in [2.05, 4.69) is 248 Å². The van der Waals surface area contributed by atoms with Gasteiger partial charge in [-0.1, -0.05) is 206 Å². The summed E-state index contributed by atoms with van der Waals surface area (Å²) in [5.41, 5.74) is 16.7. The Morgan fingerprint density at radius 2 is 0.719 bits per heavy atom. The SMILES string of the molecule is c1ccc(N(c2ccc(-c3ccc(-c4ccc5ccccc5c4)cc3)cc2)c2ccc(-c3ccc(-c4cccc5ccccc45)cc3)cc2)c(-c2cccc3c2oc2ccccc23)c1. The Morgan fingerprint density at radius 3 is 1.42 bits per heavy atom. The van der Waals surface area contributed by atoms with Crippen LogP contribution < -0.4 is 4.90 Å². The average Bonchev–Trinajstić information content (AvgIpc) is 3.76. The molecule has 0 spiro atoms. The van der Waals surface area contributed by atoms with Crippen LogP contribution in [0.3, 0.4) is 0 Å². The average molecular weight is 816 g/mol. The number of anilines is 3. The Labute approximate surface area is 372 Å². The Balaban J connectivity index is 0.917. The van der Waals surface area contributed by atoms with Crippen LogP contribution in [0.25, 0.3) is 99.1 Å². The van der Waals surface area contributed by atoms with Crippen LogP contribution in [0.2, 0.25) is 0 Å². The molecule has 0 saturated carbocycles. The van der Waals surface area contributed by atoms with E-state index in [1.165, 1.54) is 54.9 Å². The summed E-state index contributed by atoms with van der Waals surface area (Å²) >= 11 is 0. The summed E-state index contributed by atoms with van der Waals surface area (Å²) in [4.78, 5) is 2.37. The zero-order chi connectivity index (χ0) is 42.4. The molecule has 0 bridgehead atoms. The van der Waals surface area contributed by atoms with E-state index in [1.807, 2.05) is 6.07 Å². The van der Waals surface area contributed by atoms with Crippen LogP contribution in [-0.4, -0.2) is 0 Å². The van der Waals surface area contributed by atoms with Crippen molar-refractivity contribution in [1.29, 1.82) is 0 Å². The van der Waals surface area contributed by atoms with Crippen molar-refractivity contribution in [2.45, 2.75) is 0 Å². The molecule has 11 aromatic carbocycles. The normalized spacial score (nSPS) is 11.4. The van der Waals surface area contributed by atoms with Gasteiger partial charge in [-0.3, -0.25) is 0 Å². The molecule has 64 heavy (non-hydrogen) atoms. The molecule has 1 aromatic heterocycles. The van der Waals surface area contributed by atoms with Gasteiger partial charge in [0.1, 0.15) is 11.2 Å². The van der Waals surface area contributed by atoms with Crippen molar-refractivity contribution in [3.8, 4) is 55.6 Å². The van der Waals surface area contributed by atoms with Gasteiger partial charge in [-0.25, -0.2) is 0 Å². The number of nitrogens with zero attached hydrogens (tertiary/aromatic N) is 1. The van der Waals surface area contributed by atoms with Gasteiger partial charge >= 0.3 is 0 Å². The smallest absolute Gasteiger partial charge is 0.143 e. The standard InChI is InChI=1S/C62H41NO/c1-2-13-50-41-51(32-29-42(50)11-1)47-25-23-43(24-26-47)45-33-37-52(38-34-45)63(60-21-7-5-16-56(60)58-19-10-20-59-57-17-6-8-22-61(57)64-62(58)59)53-39-35-46(36-40-53)44-27-30-49(31-28-44)55-18-9-14-48-12-3-4-15-54(48)55/h1-41H. The zero-order valence-corrected chi connectivity index (χ0v) is 35.0. The first-order valence-electron chi connectivity index (χ1n) is 21.9. The van der Waals surface area contributed by atoms with E-state index < -0.39 is 0 Å². The molecule has 0 amide bonds. The molecular formula is C62H41NO. The first-order chi connectivity index (χ1) is 31.7. The topological polar surface area (TPSA) is 16.4 Å². The number of para-hydroxylation sites is 3. The first-order valence-corrected chi connectivity index (χ1v) is 21.9. The van der Waals surface area contributed by atoms with Crippen molar-refractivity contribution in [1.82, 2.24) is 0 Å². The molecule has 0 aliphatic carbocycles. The van der Waals surface area contributed by atoms with Crippen LogP contribution in [0.4, 0.5) is 17.1 Å². The highest BCUT2D eigenvalue weighted by Crippen LogP contribution is 2.45. The van der Waals surface area contributed by atoms with Gasteiger partial charge in [-0.2, -0.15) is 0 Å². The number of rotatable bonds is 8. The van der Waals surface area contributed by atoms with Crippen LogP contribution in [0.5, 0.6) is 0 Å². The number of benzene rings is 11. The molecule has 0 atom stereocenters. The lowest BCUT2D eigenvalue weighted by molar-refractivity contribution is 0.670. The minimum atomic E-state index is 0.890. The molecule has 0 fully saturated rings. The van der Waals surface area contributed by atoms with Gasteiger partial charge in [0.2, 0.25) is 0 Å². The van der Waals surface area contributed by atoms with Crippen LogP contribution in [0, 0.1) is 0 Å². The second-order valence-electron chi connectivity index (χ2n) is 16.5. The van der Waals surface area contributed by atoms with Crippen molar-refractivity contribution in [3.05, 3.63) is 249 Å². The van der Waals surface area contributed by atoms with E-state index in [1.54, 1.807) is 0 Å². The second-order valence-corrected chi connectivity index (χ2v) is 16.5. The zero-order valence-electron chi connectivity index (χ0n) is 35.0. The number of furan rings is 1. The Bertz CT molecular complexity index is 3630. The molecule has 0 unspecified atom stereocenters. The van der Waals surface area contributed by atoms with Crippen molar-refractivity contribution < 1.29 is 4.42 Å². The lowest BCUT2D eigenvalue weighted by Crippen LogP contribution is -2.11. The lowest BCUT2D eigenvalue weighted by atomic mass is 9.96. The first kappa shape index (κ1) is 37.3. The highest BCUT2D eigenvalue weighted by Gasteiger charge is 2.21. The van der Waals surface area contributed by atoms with Gasteiger partial charge in [0.25, 0.3) is 0 Å². The molecule has 2 nitrogen and oxygen atoms in total. The van der Waals surface area contributed by atoms with Crippen molar-refractivity contribution in [2.24, 2.45) is 0 Å². The molecular weight excluding hydrogens is 775 g/mol. The monoisotopic (exact) mass is 815 g/mol. The third-order valence-electron chi connectivity index (χ3n) is 12.7. The predicted molar refractivity (Wildman–Crippen MR) is 271 cm³/mol. The maximum absolute atomic E-state index is 6.61. The quantitative estimate of drug-likeness (QED) is 0.152. The lowest BCUT2D eigenvalue weighted by Gasteiger charge is -2.28. The molecule has 300 valence electrons. The summed E-state index contributed by atoms with van der Waals surface area (Å²) in [7, 11) is 0. The van der Waals surface area contributed by atoms with Crippen LogP contribution >= 0.6 is 0 Å². The van der Waals surface area contributed by atoms with Gasteiger partial charge < -0.3 is 9.32 Å². The maximum atomic E-state index is 6.61. The minimum Gasteiger partial charge on any atom is -0.455 e. The number of fused-ring (bicyclic) bond motifs is 5. The maximum Gasteiger partial charge on any atom is 0.143 e. The summed E-state index contributed by atoms with van der Waals surface area (Å²) in [6.07, 6.45) is 0. The molecule has 2 heteroatoms. The molecule has 0 aliphatic rings. The van der Waals surface area contributed by atoms with Crippen molar-refractivity contribution in [3.63, 3.8) is 0 Å². The third kappa shape index (κ3) is 6.70. The predicted octanol–water partition coefficient (Wildman–Crippen LogP) is 17.7. The van der Waals surface area contributed by atoms with Gasteiger partial charge in [-0.05, 0) is 109 Å². The molecule has 0 aliphatic heterocycles. The number of hydrogen-bond acceptors (Lipinski definition) is 2. The fourth-order valence-electron chi connectivity index (χ4n) is 9.43. The Morgan fingerprint density at radius 1 is 0.266 bits per heavy atom. The summed E-state index contributed by atoms with van der Waals surface area (Å²) < 4.78 is 6.61. The van der Waals surface area contributed by atoms with E-state index in [4.69, 9.17) is 4.42 Å². The second kappa shape index (κ2) is 15.8. The van der Waals surface area contributed by atoms with E-state index in [-0.39, 0.29) is 0 Å².